The van der Waals surface area contributed by atoms with Crippen molar-refractivity contribution in [1.29, 1.82) is 0 Å². The lowest BCUT2D eigenvalue weighted by Crippen LogP contribution is -2.33. The van der Waals surface area contributed by atoms with Gasteiger partial charge in [0, 0.05) is 0 Å². The minimum Gasteiger partial charge on any atom is -0.316 e. The van der Waals surface area contributed by atoms with E-state index >= 15 is 0 Å². The van der Waals surface area contributed by atoms with Crippen LogP contribution in [0, 0.1) is 11.8 Å². The molecule has 0 aromatic rings. The normalized spacial score (nSPS) is 14.9. The van der Waals surface area contributed by atoms with Crippen molar-refractivity contribution < 1.29 is 8.42 Å². The molecule has 1 N–H and O–H groups in total. The van der Waals surface area contributed by atoms with E-state index in [0.717, 1.165) is 32.4 Å². The highest BCUT2D eigenvalue weighted by Crippen LogP contribution is 2.20. The molecule has 0 aromatic carbocycles. The van der Waals surface area contributed by atoms with Crippen molar-refractivity contribution >= 4 is 9.84 Å². The van der Waals surface area contributed by atoms with Crippen LogP contribution in [0.4, 0.5) is 0 Å². The zero-order valence-electron chi connectivity index (χ0n) is 13.6. The molecule has 0 spiro atoms. The minimum absolute atomic E-state index is 0.310. The first kappa shape index (κ1) is 18.9. The van der Waals surface area contributed by atoms with Crippen LogP contribution in [0.25, 0.3) is 0 Å². The van der Waals surface area contributed by atoms with E-state index in [1.54, 1.807) is 20.8 Å². The van der Waals surface area contributed by atoms with Crippen molar-refractivity contribution in [3.05, 3.63) is 0 Å². The first-order valence-electron chi connectivity index (χ1n) is 7.53. The van der Waals surface area contributed by atoms with Crippen LogP contribution in [-0.2, 0) is 9.84 Å². The second-order valence-electron chi connectivity index (χ2n) is 6.93. The summed E-state index contributed by atoms with van der Waals surface area (Å²) in [6, 6.07) is 0. The molecule has 0 saturated heterocycles. The van der Waals surface area contributed by atoms with E-state index in [1.807, 2.05) is 0 Å². The molecule has 0 aliphatic carbocycles. The highest BCUT2D eigenvalue weighted by atomic mass is 32.2. The molecule has 0 bridgehead atoms. The molecule has 0 amide bonds. The molecular weight excluding hydrogens is 258 g/mol. The van der Waals surface area contributed by atoms with Crippen LogP contribution in [0.3, 0.4) is 0 Å². The van der Waals surface area contributed by atoms with Gasteiger partial charge in [0.15, 0.2) is 9.84 Å². The second kappa shape index (κ2) is 8.25. The van der Waals surface area contributed by atoms with Gasteiger partial charge in [0.25, 0.3) is 0 Å². The fraction of sp³-hybridized carbons (Fsp3) is 1.00. The van der Waals surface area contributed by atoms with Gasteiger partial charge < -0.3 is 5.32 Å². The summed E-state index contributed by atoms with van der Waals surface area (Å²) in [6.07, 6.45) is 2.99. The summed E-state index contributed by atoms with van der Waals surface area (Å²) in [5.41, 5.74) is 0. The summed E-state index contributed by atoms with van der Waals surface area (Å²) >= 11 is 0. The van der Waals surface area contributed by atoms with Crippen molar-refractivity contribution in [2.75, 3.05) is 18.8 Å². The predicted molar refractivity (Wildman–Crippen MR) is 84.3 cm³/mol. The minimum atomic E-state index is -2.98. The van der Waals surface area contributed by atoms with Gasteiger partial charge in [-0.05, 0) is 58.5 Å². The van der Waals surface area contributed by atoms with Crippen molar-refractivity contribution in [1.82, 2.24) is 5.32 Å². The first-order chi connectivity index (χ1) is 8.60. The van der Waals surface area contributed by atoms with Crippen LogP contribution in [0.15, 0.2) is 0 Å². The average molecular weight is 292 g/mol. The fourth-order valence-electron chi connectivity index (χ4n) is 1.96. The summed E-state index contributed by atoms with van der Waals surface area (Å²) in [4.78, 5) is 0. The van der Waals surface area contributed by atoms with E-state index in [4.69, 9.17) is 0 Å². The Morgan fingerprint density at radius 2 is 1.63 bits per heavy atom. The standard InChI is InChI=1S/C15H33NO2S/c1-7-8-14(12-16-11-13(2)3)9-10-19(17,18)15(4,5)6/h13-14,16H,7-12H2,1-6H3. The van der Waals surface area contributed by atoms with Gasteiger partial charge in [-0.25, -0.2) is 8.42 Å². The Bertz CT molecular complexity index is 329. The van der Waals surface area contributed by atoms with E-state index in [0.29, 0.717) is 17.6 Å². The fourth-order valence-corrected chi connectivity index (χ4v) is 3.22. The number of sulfone groups is 1. The lowest BCUT2D eigenvalue weighted by atomic mass is 10.0. The van der Waals surface area contributed by atoms with Gasteiger partial charge in [0.05, 0.1) is 10.5 Å². The summed E-state index contributed by atoms with van der Waals surface area (Å²) in [7, 11) is -2.98. The largest absolute Gasteiger partial charge is 0.316 e. The van der Waals surface area contributed by atoms with Gasteiger partial charge in [-0.1, -0.05) is 27.2 Å². The van der Waals surface area contributed by atoms with Gasteiger partial charge in [0.1, 0.15) is 0 Å². The molecule has 1 unspecified atom stereocenters. The lowest BCUT2D eigenvalue weighted by Gasteiger charge is -2.22. The van der Waals surface area contributed by atoms with E-state index < -0.39 is 14.6 Å². The SMILES string of the molecule is CCCC(CCS(=O)(=O)C(C)(C)C)CNCC(C)C. The maximum absolute atomic E-state index is 12.1. The van der Waals surface area contributed by atoms with Gasteiger partial charge >= 0.3 is 0 Å². The Morgan fingerprint density at radius 1 is 1.05 bits per heavy atom. The number of nitrogens with one attached hydrogen (secondary N) is 1. The maximum atomic E-state index is 12.1. The van der Waals surface area contributed by atoms with Gasteiger partial charge in [-0.2, -0.15) is 0 Å². The molecule has 0 radical (unpaired) electrons. The van der Waals surface area contributed by atoms with Crippen molar-refractivity contribution in [2.45, 2.75) is 65.6 Å². The Labute approximate surface area is 120 Å². The zero-order chi connectivity index (χ0) is 15.1. The zero-order valence-corrected chi connectivity index (χ0v) is 14.4. The summed E-state index contributed by atoms with van der Waals surface area (Å²) in [5, 5.41) is 3.45. The van der Waals surface area contributed by atoms with Crippen molar-refractivity contribution in [3.8, 4) is 0 Å². The predicted octanol–water partition coefficient (Wildman–Crippen LogP) is 3.25. The Morgan fingerprint density at radius 3 is 2.05 bits per heavy atom. The molecule has 116 valence electrons. The lowest BCUT2D eigenvalue weighted by molar-refractivity contribution is 0.411. The molecule has 4 heteroatoms. The maximum Gasteiger partial charge on any atom is 0.155 e. The molecule has 19 heavy (non-hydrogen) atoms. The third kappa shape index (κ3) is 7.93. The monoisotopic (exact) mass is 291 g/mol. The molecule has 0 rings (SSSR count). The molecule has 1 atom stereocenters. The molecular formula is C15H33NO2S. The van der Waals surface area contributed by atoms with E-state index in [-0.39, 0.29) is 0 Å². The Hall–Kier alpha value is -0.0900. The third-order valence-electron chi connectivity index (χ3n) is 3.41. The van der Waals surface area contributed by atoms with Crippen LogP contribution in [0.2, 0.25) is 0 Å². The number of hydrogen-bond acceptors (Lipinski definition) is 3. The van der Waals surface area contributed by atoms with Crippen LogP contribution in [-0.4, -0.2) is 32.0 Å². The number of hydrogen-bond donors (Lipinski definition) is 1. The van der Waals surface area contributed by atoms with E-state index in [2.05, 4.69) is 26.1 Å². The highest BCUT2D eigenvalue weighted by Gasteiger charge is 2.29. The van der Waals surface area contributed by atoms with Gasteiger partial charge in [-0.15, -0.1) is 0 Å². The summed E-state index contributed by atoms with van der Waals surface area (Å²) in [6.45, 7) is 13.8. The topological polar surface area (TPSA) is 46.2 Å². The van der Waals surface area contributed by atoms with E-state index in [9.17, 15) is 8.42 Å². The summed E-state index contributed by atoms with van der Waals surface area (Å²) < 4.78 is 23.6. The quantitative estimate of drug-likeness (QED) is 0.709. The highest BCUT2D eigenvalue weighted by molar-refractivity contribution is 7.92. The van der Waals surface area contributed by atoms with Crippen molar-refractivity contribution in [3.63, 3.8) is 0 Å². The van der Waals surface area contributed by atoms with Crippen molar-refractivity contribution in [2.24, 2.45) is 11.8 Å². The van der Waals surface area contributed by atoms with Crippen LogP contribution < -0.4 is 5.32 Å². The van der Waals surface area contributed by atoms with Crippen LogP contribution >= 0.6 is 0 Å². The van der Waals surface area contributed by atoms with Gasteiger partial charge in [-0.3, -0.25) is 0 Å². The molecule has 0 aromatic heterocycles. The Kier molecular flexibility index (Phi) is 8.21. The molecule has 0 saturated carbocycles. The molecule has 0 aliphatic rings. The molecule has 0 aliphatic heterocycles. The van der Waals surface area contributed by atoms with Gasteiger partial charge in [0.2, 0.25) is 0 Å². The van der Waals surface area contributed by atoms with E-state index in [1.165, 1.54) is 0 Å². The molecule has 0 heterocycles. The second-order valence-corrected chi connectivity index (χ2v) is 9.79. The van der Waals surface area contributed by atoms with Crippen LogP contribution in [0.5, 0.6) is 0 Å². The molecule has 3 nitrogen and oxygen atoms in total. The third-order valence-corrected chi connectivity index (χ3v) is 6.05. The number of rotatable bonds is 9. The smallest absolute Gasteiger partial charge is 0.155 e. The van der Waals surface area contributed by atoms with Crippen LogP contribution in [0.1, 0.15) is 60.8 Å². The molecule has 0 fully saturated rings. The first-order valence-corrected chi connectivity index (χ1v) is 9.18. The Balaban J connectivity index is 4.29. The summed E-state index contributed by atoms with van der Waals surface area (Å²) in [5.74, 6) is 1.42. The average Bonchev–Trinajstić information content (AvgIpc) is 2.24.